The van der Waals surface area contributed by atoms with Crippen LogP contribution in [-0.2, 0) is 0 Å². The molecule has 3 rings (SSSR count). The SMILES string of the molecule is CNC(c1cccc(F)c1)c1cc2[nH]c(=O)[nH]c2cc1Br. The Morgan fingerprint density at radius 2 is 1.90 bits per heavy atom. The maximum atomic E-state index is 13.4. The van der Waals surface area contributed by atoms with Crippen molar-refractivity contribution in [1.82, 2.24) is 15.3 Å². The van der Waals surface area contributed by atoms with Gasteiger partial charge in [-0.05, 0) is 42.4 Å². The zero-order valence-electron chi connectivity index (χ0n) is 11.2. The third-order valence-corrected chi connectivity index (χ3v) is 4.10. The lowest BCUT2D eigenvalue weighted by Crippen LogP contribution is -2.18. The Hall–Kier alpha value is -1.92. The first-order valence-corrected chi connectivity index (χ1v) is 7.22. The molecule has 108 valence electrons. The normalized spacial score (nSPS) is 12.7. The molecule has 2 aromatic carbocycles. The highest BCUT2D eigenvalue weighted by molar-refractivity contribution is 9.10. The number of H-pyrrole nitrogens is 2. The number of rotatable bonds is 3. The highest BCUT2D eigenvalue weighted by Gasteiger charge is 2.17. The third-order valence-electron chi connectivity index (χ3n) is 3.41. The van der Waals surface area contributed by atoms with Crippen molar-refractivity contribution in [2.75, 3.05) is 7.05 Å². The molecule has 0 amide bonds. The molecular weight excluding hydrogens is 337 g/mol. The van der Waals surface area contributed by atoms with Crippen molar-refractivity contribution in [3.63, 3.8) is 0 Å². The zero-order chi connectivity index (χ0) is 15.0. The van der Waals surface area contributed by atoms with E-state index in [-0.39, 0.29) is 17.5 Å². The summed E-state index contributed by atoms with van der Waals surface area (Å²) in [5, 5.41) is 3.18. The molecule has 0 saturated heterocycles. The molecule has 6 heteroatoms. The van der Waals surface area contributed by atoms with Crippen LogP contribution in [0.2, 0.25) is 0 Å². The second-order valence-corrected chi connectivity index (χ2v) is 5.63. The average Bonchev–Trinajstić information content (AvgIpc) is 2.79. The first-order chi connectivity index (χ1) is 10.1. The van der Waals surface area contributed by atoms with Crippen molar-refractivity contribution < 1.29 is 4.39 Å². The average molecular weight is 350 g/mol. The van der Waals surface area contributed by atoms with Gasteiger partial charge in [0.2, 0.25) is 0 Å². The van der Waals surface area contributed by atoms with Crippen LogP contribution in [0.25, 0.3) is 11.0 Å². The number of aromatic nitrogens is 2. The fourth-order valence-corrected chi connectivity index (χ4v) is 3.05. The fourth-order valence-electron chi connectivity index (χ4n) is 2.48. The Labute approximate surface area is 128 Å². The van der Waals surface area contributed by atoms with Gasteiger partial charge in [-0.25, -0.2) is 9.18 Å². The van der Waals surface area contributed by atoms with E-state index in [0.717, 1.165) is 26.6 Å². The summed E-state index contributed by atoms with van der Waals surface area (Å²) in [5.74, 6) is -0.278. The van der Waals surface area contributed by atoms with Crippen LogP contribution in [0.1, 0.15) is 17.2 Å². The molecule has 1 atom stereocenters. The molecule has 0 fully saturated rings. The van der Waals surface area contributed by atoms with Gasteiger partial charge in [0.05, 0.1) is 17.1 Å². The van der Waals surface area contributed by atoms with E-state index in [1.807, 2.05) is 25.2 Å². The number of nitrogens with one attached hydrogen (secondary N) is 3. The van der Waals surface area contributed by atoms with Crippen molar-refractivity contribution in [2.45, 2.75) is 6.04 Å². The Bertz CT molecular complexity index is 855. The van der Waals surface area contributed by atoms with Crippen LogP contribution < -0.4 is 11.0 Å². The van der Waals surface area contributed by atoms with Crippen LogP contribution in [0.15, 0.2) is 45.7 Å². The summed E-state index contributed by atoms with van der Waals surface area (Å²) < 4.78 is 14.3. The molecule has 0 spiro atoms. The predicted octanol–water partition coefficient (Wildman–Crippen LogP) is 3.07. The monoisotopic (exact) mass is 349 g/mol. The number of fused-ring (bicyclic) bond motifs is 1. The smallest absolute Gasteiger partial charge is 0.309 e. The second-order valence-electron chi connectivity index (χ2n) is 4.78. The number of hydrogen-bond acceptors (Lipinski definition) is 2. The summed E-state index contributed by atoms with van der Waals surface area (Å²) in [6.45, 7) is 0. The molecule has 3 aromatic rings. The number of imidazole rings is 1. The summed E-state index contributed by atoms with van der Waals surface area (Å²) in [7, 11) is 1.81. The predicted molar refractivity (Wildman–Crippen MR) is 83.9 cm³/mol. The van der Waals surface area contributed by atoms with E-state index >= 15 is 0 Å². The molecule has 0 saturated carbocycles. The molecule has 1 aromatic heterocycles. The second kappa shape index (κ2) is 5.46. The van der Waals surface area contributed by atoms with E-state index in [9.17, 15) is 9.18 Å². The van der Waals surface area contributed by atoms with Gasteiger partial charge in [-0.3, -0.25) is 0 Å². The third kappa shape index (κ3) is 2.64. The van der Waals surface area contributed by atoms with Crippen molar-refractivity contribution >= 4 is 27.0 Å². The van der Waals surface area contributed by atoms with Crippen molar-refractivity contribution in [2.24, 2.45) is 0 Å². The minimum atomic E-state index is -0.278. The Kier molecular flexibility index (Phi) is 3.65. The number of halogens is 2. The van der Waals surface area contributed by atoms with Gasteiger partial charge in [0.15, 0.2) is 0 Å². The topological polar surface area (TPSA) is 60.7 Å². The van der Waals surface area contributed by atoms with Crippen molar-refractivity contribution in [3.05, 3.63) is 68.3 Å². The molecular formula is C15H13BrFN3O. The standard InChI is InChI=1S/C15H13BrFN3O/c1-18-14(8-3-2-4-9(17)5-8)10-6-12-13(7-11(10)16)20-15(21)19-12/h2-7,14,18H,1H3,(H2,19,20,21). The highest BCUT2D eigenvalue weighted by Crippen LogP contribution is 2.31. The lowest BCUT2D eigenvalue weighted by atomic mass is 9.98. The van der Waals surface area contributed by atoms with Gasteiger partial charge in [-0.15, -0.1) is 0 Å². The van der Waals surface area contributed by atoms with Crippen LogP contribution in [0.3, 0.4) is 0 Å². The molecule has 0 aliphatic rings. The van der Waals surface area contributed by atoms with Crippen molar-refractivity contribution in [1.29, 1.82) is 0 Å². The van der Waals surface area contributed by atoms with E-state index in [1.165, 1.54) is 12.1 Å². The highest BCUT2D eigenvalue weighted by atomic mass is 79.9. The molecule has 1 heterocycles. The minimum absolute atomic E-state index is 0.183. The zero-order valence-corrected chi connectivity index (χ0v) is 12.8. The van der Waals surface area contributed by atoms with Crippen LogP contribution in [0.4, 0.5) is 4.39 Å². The molecule has 3 N–H and O–H groups in total. The fraction of sp³-hybridized carbons (Fsp3) is 0.133. The van der Waals surface area contributed by atoms with Gasteiger partial charge < -0.3 is 15.3 Å². The number of benzene rings is 2. The van der Waals surface area contributed by atoms with E-state index in [4.69, 9.17) is 0 Å². The summed E-state index contributed by atoms with van der Waals surface area (Å²) >= 11 is 3.51. The lowest BCUT2D eigenvalue weighted by molar-refractivity contribution is 0.616. The summed E-state index contributed by atoms with van der Waals surface area (Å²) in [5.41, 5.74) is 2.93. The molecule has 0 radical (unpaired) electrons. The summed E-state index contributed by atoms with van der Waals surface area (Å²) in [6.07, 6.45) is 0. The van der Waals surface area contributed by atoms with Crippen LogP contribution in [0.5, 0.6) is 0 Å². The van der Waals surface area contributed by atoms with Crippen molar-refractivity contribution in [3.8, 4) is 0 Å². The quantitative estimate of drug-likeness (QED) is 0.680. The van der Waals surface area contributed by atoms with E-state index in [2.05, 4.69) is 31.2 Å². The maximum Gasteiger partial charge on any atom is 0.323 e. The van der Waals surface area contributed by atoms with Crippen LogP contribution in [-0.4, -0.2) is 17.0 Å². The summed E-state index contributed by atoms with van der Waals surface area (Å²) in [6, 6.07) is 9.99. The lowest BCUT2D eigenvalue weighted by Gasteiger charge is -2.19. The van der Waals surface area contributed by atoms with E-state index in [0.29, 0.717) is 0 Å². The molecule has 0 aliphatic carbocycles. The Morgan fingerprint density at radius 1 is 1.19 bits per heavy atom. The summed E-state index contributed by atoms with van der Waals surface area (Å²) in [4.78, 5) is 16.8. The maximum absolute atomic E-state index is 13.4. The molecule has 21 heavy (non-hydrogen) atoms. The molecule has 4 nitrogen and oxygen atoms in total. The van der Waals surface area contributed by atoms with Gasteiger partial charge in [0.25, 0.3) is 0 Å². The largest absolute Gasteiger partial charge is 0.323 e. The van der Waals surface area contributed by atoms with Gasteiger partial charge in [0, 0.05) is 4.47 Å². The van der Waals surface area contributed by atoms with E-state index in [1.54, 1.807) is 6.07 Å². The van der Waals surface area contributed by atoms with Gasteiger partial charge in [0.1, 0.15) is 5.82 Å². The van der Waals surface area contributed by atoms with Gasteiger partial charge >= 0.3 is 5.69 Å². The van der Waals surface area contributed by atoms with Crippen LogP contribution >= 0.6 is 15.9 Å². The van der Waals surface area contributed by atoms with E-state index < -0.39 is 0 Å². The first kappa shape index (κ1) is 14.0. The molecule has 0 bridgehead atoms. The van der Waals surface area contributed by atoms with Gasteiger partial charge in [-0.2, -0.15) is 0 Å². The number of hydrogen-bond donors (Lipinski definition) is 3. The Morgan fingerprint density at radius 3 is 2.57 bits per heavy atom. The number of aromatic amines is 2. The van der Waals surface area contributed by atoms with Crippen LogP contribution in [0, 0.1) is 5.82 Å². The Balaban J connectivity index is 2.16. The first-order valence-electron chi connectivity index (χ1n) is 6.42. The molecule has 1 unspecified atom stereocenters. The minimum Gasteiger partial charge on any atom is -0.309 e. The molecule has 0 aliphatic heterocycles. The van der Waals surface area contributed by atoms with Gasteiger partial charge in [-0.1, -0.05) is 28.1 Å².